The number of rotatable bonds is 5. The standard InChI is InChI=1S/C6H15O4PS/c1-5(2)9-11(12(7)8)10-6(3)4/h5-6,12H,1-4H3. The first-order chi connectivity index (χ1) is 5.43. The van der Waals surface area contributed by atoms with Crippen molar-refractivity contribution in [3.8, 4) is 0 Å². The molecule has 0 aromatic heterocycles. The minimum absolute atomic E-state index is 0.122. The second-order valence-electron chi connectivity index (χ2n) is 2.78. The quantitative estimate of drug-likeness (QED) is 0.558. The second kappa shape index (κ2) is 5.86. The van der Waals surface area contributed by atoms with E-state index in [1.807, 2.05) is 0 Å². The average molecular weight is 214 g/mol. The van der Waals surface area contributed by atoms with Crippen molar-refractivity contribution < 1.29 is 17.5 Å². The van der Waals surface area contributed by atoms with Crippen LogP contribution in [0, 0.1) is 0 Å². The van der Waals surface area contributed by atoms with Crippen LogP contribution in [0.15, 0.2) is 0 Å². The summed E-state index contributed by atoms with van der Waals surface area (Å²) in [6, 6.07) is 0. The lowest BCUT2D eigenvalue weighted by atomic mass is 10.5. The summed E-state index contributed by atoms with van der Waals surface area (Å²) in [6.45, 7) is 7.10. The van der Waals surface area contributed by atoms with E-state index in [1.54, 1.807) is 27.7 Å². The van der Waals surface area contributed by atoms with E-state index < -0.39 is 17.9 Å². The largest absolute Gasteiger partial charge is 0.320 e. The van der Waals surface area contributed by atoms with Crippen molar-refractivity contribution >= 4 is 17.9 Å². The minimum atomic E-state index is -2.61. The summed E-state index contributed by atoms with van der Waals surface area (Å²) in [6.07, 6.45) is -0.245. The van der Waals surface area contributed by atoms with Gasteiger partial charge in [0.1, 0.15) is 0 Å². The van der Waals surface area contributed by atoms with Gasteiger partial charge in [-0.2, -0.15) is 0 Å². The van der Waals surface area contributed by atoms with E-state index in [0.29, 0.717) is 0 Å². The average Bonchev–Trinajstić information content (AvgIpc) is 1.83. The topological polar surface area (TPSA) is 52.6 Å². The third-order valence-electron chi connectivity index (χ3n) is 0.735. The minimum Gasteiger partial charge on any atom is -0.320 e. The zero-order valence-electron chi connectivity index (χ0n) is 7.68. The third-order valence-corrected chi connectivity index (χ3v) is 3.57. The van der Waals surface area contributed by atoms with Crippen LogP contribution in [0.25, 0.3) is 0 Å². The Kier molecular flexibility index (Phi) is 6.01. The highest BCUT2D eigenvalue weighted by Gasteiger charge is 2.17. The smallest absolute Gasteiger partial charge is 0.298 e. The fraction of sp³-hybridized carbons (Fsp3) is 1.00. The molecule has 0 saturated carbocycles. The summed E-state index contributed by atoms with van der Waals surface area (Å²) in [5.41, 5.74) is 0. The Balaban J connectivity index is 4.05. The van der Waals surface area contributed by atoms with Crippen LogP contribution >= 0.6 is 7.58 Å². The van der Waals surface area contributed by atoms with E-state index in [1.165, 1.54) is 0 Å². The molecule has 0 amide bonds. The van der Waals surface area contributed by atoms with Crippen molar-refractivity contribution in [2.45, 2.75) is 39.9 Å². The summed E-state index contributed by atoms with van der Waals surface area (Å²) in [5.74, 6) is 0. The van der Waals surface area contributed by atoms with Crippen molar-refractivity contribution in [1.29, 1.82) is 0 Å². The fourth-order valence-corrected chi connectivity index (χ4v) is 2.98. The summed E-state index contributed by atoms with van der Waals surface area (Å²) in [7, 11) is -4.35. The molecule has 12 heavy (non-hydrogen) atoms. The summed E-state index contributed by atoms with van der Waals surface area (Å²) < 4.78 is 31.3. The van der Waals surface area contributed by atoms with Gasteiger partial charge in [0.2, 0.25) is 10.3 Å². The van der Waals surface area contributed by atoms with Gasteiger partial charge in [-0.25, -0.2) is 8.42 Å². The first-order valence-electron chi connectivity index (χ1n) is 3.71. The van der Waals surface area contributed by atoms with Crippen molar-refractivity contribution in [2.75, 3.05) is 0 Å². The number of thiol groups is 1. The molecule has 0 aliphatic rings. The van der Waals surface area contributed by atoms with E-state index in [-0.39, 0.29) is 12.2 Å². The highest BCUT2D eigenvalue weighted by Crippen LogP contribution is 2.41. The Morgan fingerprint density at radius 1 is 1.00 bits per heavy atom. The molecular formula is C6H15O4PS. The van der Waals surface area contributed by atoms with E-state index >= 15 is 0 Å². The van der Waals surface area contributed by atoms with Crippen LogP contribution in [0.5, 0.6) is 0 Å². The lowest BCUT2D eigenvalue weighted by Crippen LogP contribution is -2.04. The molecular weight excluding hydrogens is 199 g/mol. The van der Waals surface area contributed by atoms with Gasteiger partial charge < -0.3 is 9.05 Å². The molecule has 0 aliphatic heterocycles. The molecule has 4 nitrogen and oxygen atoms in total. The summed E-state index contributed by atoms with van der Waals surface area (Å²) in [4.78, 5) is 0. The zero-order chi connectivity index (χ0) is 9.72. The maximum Gasteiger partial charge on any atom is 0.298 e. The van der Waals surface area contributed by atoms with Gasteiger partial charge in [0.05, 0.1) is 12.2 Å². The molecule has 0 N–H and O–H groups in total. The summed E-state index contributed by atoms with van der Waals surface area (Å²) >= 11 is 0. The van der Waals surface area contributed by atoms with Crippen LogP contribution in [0.2, 0.25) is 0 Å². The Morgan fingerprint density at radius 2 is 1.33 bits per heavy atom. The van der Waals surface area contributed by atoms with E-state index in [4.69, 9.17) is 9.05 Å². The SMILES string of the molecule is CC(C)OP(OC(C)C)[SH](=O)=O. The third kappa shape index (κ3) is 5.89. The van der Waals surface area contributed by atoms with Crippen molar-refractivity contribution in [3.63, 3.8) is 0 Å². The Hall–Kier alpha value is 0.300. The molecule has 0 aromatic carbocycles. The van der Waals surface area contributed by atoms with Crippen LogP contribution < -0.4 is 0 Å². The molecule has 0 bridgehead atoms. The Morgan fingerprint density at radius 3 is 1.50 bits per heavy atom. The van der Waals surface area contributed by atoms with Crippen molar-refractivity contribution in [1.82, 2.24) is 0 Å². The molecule has 0 saturated heterocycles. The summed E-state index contributed by atoms with van der Waals surface area (Å²) in [5, 5.41) is 0. The predicted molar refractivity (Wildman–Crippen MR) is 49.7 cm³/mol. The fourth-order valence-electron chi connectivity index (χ4n) is 0.463. The molecule has 6 heteroatoms. The molecule has 0 aliphatic carbocycles. The molecule has 0 unspecified atom stereocenters. The van der Waals surface area contributed by atoms with Gasteiger partial charge in [-0.05, 0) is 27.7 Å². The van der Waals surface area contributed by atoms with Gasteiger partial charge in [-0.15, -0.1) is 0 Å². The molecule has 0 atom stereocenters. The lowest BCUT2D eigenvalue weighted by molar-refractivity contribution is 0.187. The van der Waals surface area contributed by atoms with Gasteiger partial charge >= 0.3 is 0 Å². The molecule has 0 radical (unpaired) electrons. The van der Waals surface area contributed by atoms with Gasteiger partial charge in [0, 0.05) is 0 Å². The Bertz CT molecular complexity index is 172. The van der Waals surface area contributed by atoms with Gasteiger partial charge in [0.25, 0.3) is 7.58 Å². The number of hydrogen-bond donors (Lipinski definition) is 1. The van der Waals surface area contributed by atoms with Crippen LogP contribution in [-0.4, -0.2) is 20.6 Å². The predicted octanol–water partition coefficient (Wildman–Crippen LogP) is 1.67. The molecule has 0 spiro atoms. The van der Waals surface area contributed by atoms with E-state index in [0.717, 1.165) is 0 Å². The van der Waals surface area contributed by atoms with Gasteiger partial charge in [0.15, 0.2) is 0 Å². The maximum absolute atomic E-state index is 10.6. The monoisotopic (exact) mass is 214 g/mol. The van der Waals surface area contributed by atoms with Gasteiger partial charge in [-0.3, -0.25) is 0 Å². The Labute approximate surface area is 75.9 Å². The highest BCUT2D eigenvalue weighted by molar-refractivity contribution is 8.36. The maximum atomic E-state index is 10.6. The molecule has 0 fully saturated rings. The molecule has 0 rings (SSSR count). The van der Waals surface area contributed by atoms with Crippen LogP contribution in [0.3, 0.4) is 0 Å². The normalized spacial score (nSPS) is 12.3. The van der Waals surface area contributed by atoms with Crippen LogP contribution in [0.1, 0.15) is 27.7 Å². The van der Waals surface area contributed by atoms with E-state index in [9.17, 15) is 8.42 Å². The second-order valence-corrected chi connectivity index (χ2v) is 6.12. The zero-order valence-corrected chi connectivity index (χ0v) is 9.47. The lowest BCUT2D eigenvalue weighted by Gasteiger charge is -2.15. The first-order valence-corrected chi connectivity index (χ1v) is 6.77. The van der Waals surface area contributed by atoms with E-state index in [2.05, 4.69) is 0 Å². The van der Waals surface area contributed by atoms with Crippen molar-refractivity contribution in [3.05, 3.63) is 0 Å². The van der Waals surface area contributed by atoms with Gasteiger partial charge in [-0.1, -0.05) is 0 Å². The molecule has 0 heterocycles. The van der Waals surface area contributed by atoms with Crippen LogP contribution in [0.4, 0.5) is 0 Å². The molecule has 74 valence electrons. The van der Waals surface area contributed by atoms with Crippen molar-refractivity contribution in [2.24, 2.45) is 0 Å². The molecule has 0 aromatic rings. The number of hydrogen-bond acceptors (Lipinski definition) is 4. The highest BCUT2D eigenvalue weighted by atomic mass is 32.7. The van der Waals surface area contributed by atoms with Crippen LogP contribution in [-0.2, 0) is 19.4 Å². The first kappa shape index (κ1) is 12.3.